The van der Waals surface area contributed by atoms with Gasteiger partial charge in [0.1, 0.15) is 5.75 Å². The number of benzene rings is 2. The lowest BCUT2D eigenvalue weighted by Gasteiger charge is -2.15. The molecule has 0 heterocycles. The van der Waals surface area contributed by atoms with E-state index in [0.29, 0.717) is 11.4 Å². The van der Waals surface area contributed by atoms with E-state index in [1.54, 1.807) is 7.11 Å². The van der Waals surface area contributed by atoms with Gasteiger partial charge in [-0.05, 0) is 70.1 Å². The van der Waals surface area contributed by atoms with Crippen LogP contribution in [-0.2, 0) is 6.42 Å². The standard InChI is InChI=1S/C15H13BrClIO2/c1-20-11-3-4-13(16)9(6-11)7-15(19)12-8-10(17)2-5-14(12)18/h2-6,8,15,19H,7H2,1H3. The summed E-state index contributed by atoms with van der Waals surface area (Å²) >= 11 is 11.7. The van der Waals surface area contributed by atoms with Gasteiger partial charge in [0.05, 0.1) is 13.2 Å². The van der Waals surface area contributed by atoms with Gasteiger partial charge < -0.3 is 9.84 Å². The number of rotatable bonds is 4. The molecule has 0 fully saturated rings. The van der Waals surface area contributed by atoms with E-state index in [4.69, 9.17) is 16.3 Å². The van der Waals surface area contributed by atoms with Crippen molar-refractivity contribution >= 4 is 50.1 Å². The predicted octanol–water partition coefficient (Wildman–Crippen LogP) is 4.99. The molecule has 0 spiro atoms. The highest BCUT2D eigenvalue weighted by atomic mass is 127. The largest absolute Gasteiger partial charge is 0.497 e. The molecule has 20 heavy (non-hydrogen) atoms. The molecule has 2 nitrogen and oxygen atoms in total. The third-order valence-corrected chi connectivity index (χ3v) is 4.97. The van der Waals surface area contributed by atoms with Crippen molar-refractivity contribution in [3.8, 4) is 5.75 Å². The van der Waals surface area contributed by atoms with Gasteiger partial charge in [0.25, 0.3) is 0 Å². The van der Waals surface area contributed by atoms with Crippen LogP contribution in [-0.4, -0.2) is 12.2 Å². The van der Waals surface area contributed by atoms with Crippen molar-refractivity contribution in [3.05, 3.63) is 60.6 Å². The third-order valence-electron chi connectivity index (χ3n) is 2.98. The monoisotopic (exact) mass is 466 g/mol. The van der Waals surface area contributed by atoms with Crippen molar-refractivity contribution in [2.24, 2.45) is 0 Å². The van der Waals surface area contributed by atoms with Gasteiger partial charge in [-0.3, -0.25) is 0 Å². The number of aliphatic hydroxyl groups excluding tert-OH is 1. The first-order valence-electron chi connectivity index (χ1n) is 5.96. The topological polar surface area (TPSA) is 29.5 Å². The van der Waals surface area contributed by atoms with Gasteiger partial charge in [-0.25, -0.2) is 0 Å². The highest BCUT2D eigenvalue weighted by molar-refractivity contribution is 14.1. The predicted molar refractivity (Wildman–Crippen MR) is 93.5 cm³/mol. The molecule has 1 N–H and O–H groups in total. The van der Waals surface area contributed by atoms with Gasteiger partial charge >= 0.3 is 0 Å². The molecule has 2 aromatic carbocycles. The maximum absolute atomic E-state index is 10.4. The molecular weight excluding hydrogens is 454 g/mol. The Labute approximate surface area is 145 Å². The summed E-state index contributed by atoms with van der Waals surface area (Å²) in [5, 5.41) is 11.1. The molecule has 0 amide bonds. The molecule has 2 rings (SSSR count). The summed E-state index contributed by atoms with van der Waals surface area (Å²) in [6.07, 6.45) is -0.113. The second-order valence-corrected chi connectivity index (χ2v) is 6.80. The fourth-order valence-electron chi connectivity index (χ4n) is 1.92. The molecule has 0 bridgehead atoms. The van der Waals surface area contributed by atoms with E-state index in [9.17, 15) is 5.11 Å². The Morgan fingerprint density at radius 3 is 2.75 bits per heavy atom. The minimum atomic E-state index is -0.607. The van der Waals surface area contributed by atoms with Crippen LogP contribution in [0.5, 0.6) is 5.75 Å². The van der Waals surface area contributed by atoms with E-state index >= 15 is 0 Å². The summed E-state index contributed by atoms with van der Waals surface area (Å²) in [5.41, 5.74) is 1.83. The fraction of sp³-hybridized carbons (Fsp3) is 0.200. The Kier molecular flexibility index (Phi) is 5.72. The van der Waals surface area contributed by atoms with Crippen LogP contribution in [0.4, 0.5) is 0 Å². The first kappa shape index (κ1) is 16.1. The first-order chi connectivity index (χ1) is 9.51. The number of halogens is 3. The van der Waals surface area contributed by atoms with Crippen molar-refractivity contribution in [2.75, 3.05) is 7.11 Å². The molecule has 2 aromatic rings. The van der Waals surface area contributed by atoms with Crippen molar-refractivity contribution in [2.45, 2.75) is 12.5 Å². The van der Waals surface area contributed by atoms with E-state index in [1.165, 1.54) is 0 Å². The second-order valence-electron chi connectivity index (χ2n) is 4.34. The van der Waals surface area contributed by atoms with Gasteiger partial charge in [-0.1, -0.05) is 27.5 Å². The molecule has 0 saturated carbocycles. The molecule has 0 aliphatic carbocycles. The van der Waals surface area contributed by atoms with Crippen molar-refractivity contribution in [1.29, 1.82) is 0 Å². The molecule has 0 radical (unpaired) electrons. The molecule has 0 aliphatic heterocycles. The van der Waals surface area contributed by atoms with E-state index in [-0.39, 0.29) is 0 Å². The lowest BCUT2D eigenvalue weighted by molar-refractivity contribution is 0.177. The zero-order valence-corrected chi connectivity index (χ0v) is 15.2. The highest BCUT2D eigenvalue weighted by Gasteiger charge is 2.15. The Morgan fingerprint density at radius 1 is 1.30 bits per heavy atom. The number of hydrogen-bond donors (Lipinski definition) is 1. The van der Waals surface area contributed by atoms with Gasteiger partial charge in [-0.2, -0.15) is 0 Å². The molecule has 0 saturated heterocycles. The van der Waals surface area contributed by atoms with E-state index < -0.39 is 6.10 Å². The van der Waals surface area contributed by atoms with Crippen molar-refractivity contribution in [1.82, 2.24) is 0 Å². The minimum Gasteiger partial charge on any atom is -0.497 e. The molecular formula is C15H13BrClIO2. The van der Waals surface area contributed by atoms with Crippen LogP contribution in [0, 0.1) is 3.57 Å². The molecule has 1 unspecified atom stereocenters. The van der Waals surface area contributed by atoms with Crippen LogP contribution in [0.2, 0.25) is 5.02 Å². The Balaban J connectivity index is 2.27. The number of hydrogen-bond acceptors (Lipinski definition) is 2. The Bertz CT molecular complexity index is 619. The summed E-state index contributed by atoms with van der Waals surface area (Å²) in [4.78, 5) is 0. The smallest absolute Gasteiger partial charge is 0.119 e. The molecule has 0 aliphatic rings. The van der Waals surface area contributed by atoms with Gasteiger partial charge in [-0.15, -0.1) is 0 Å². The summed E-state index contributed by atoms with van der Waals surface area (Å²) in [6.45, 7) is 0. The number of methoxy groups -OCH3 is 1. The molecule has 0 aromatic heterocycles. The zero-order valence-electron chi connectivity index (χ0n) is 10.7. The van der Waals surface area contributed by atoms with Gasteiger partial charge in [0.2, 0.25) is 0 Å². The van der Waals surface area contributed by atoms with E-state index in [1.807, 2.05) is 36.4 Å². The summed E-state index contributed by atoms with van der Waals surface area (Å²) in [7, 11) is 1.63. The van der Waals surface area contributed by atoms with Gasteiger partial charge in [0.15, 0.2) is 0 Å². The fourth-order valence-corrected chi connectivity index (χ4v) is 3.21. The maximum atomic E-state index is 10.4. The van der Waals surface area contributed by atoms with E-state index in [2.05, 4.69) is 38.5 Å². The van der Waals surface area contributed by atoms with Crippen LogP contribution < -0.4 is 4.74 Å². The average Bonchev–Trinajstić information content (AvgIpc) is 2.43. The lowest BCUT2D eigenvalue weighted by Crippen LogP contribution is -2.05. The van der Waals surface area contributed by atoms with Gasteiger partial charge in [0, 0.05) is 19.5 Å². The summed E-state index contributed by atoms with van der Waals surface area (Å²) in [5.74, 6) is 0.774. The normalized spacial score (nSPS) is 12.2. The quantitative estimate of drug-likeness (QED) is 0.642. The number of ether oxygens (including phenoxy) is 1. The summed E-state index contributed by atoms with van der Waals surface area (Å²) in [6, 6.07) is 11.3. The highest BCUT2D eigenvalue weighted by Crippen LogP contribution is 2.30. The van der Waals surface area contributed by atoms with Crippen LogP contribution in [0.1, 0.15) is 17.2 Å². The second kappa shape index (κ2) is 7.11. The Morgan fingerprint density at radius 2 is 2.05 bits per heavy atom. The number of aliphatic hydroxyl groups is 1. The van der Waals surface area contributed by atoms with Crippen LogP contribution in [0.25, 0.3) is 0 Å². The maximum Gasteiger partial charge on any atom is 0.119 e. The van der Waals surface area contributed by atoms with Crippen LogP contribution in [0.3, 0.4) is 0 Å². The van der Waals surface area contributed by atoms with Crippen LogP contribution >= 0.6 is 50.1 Å². The first-order valence-corrected chi connectivity index (χ1v) is 8.21. The van der Waals surface area contributed by atoms with Crippen LogP contribution in [0.15, 0.2) is 40.9 Å². The Hall–Kier alpha value is -0.300. The minimum absolute atomic E-state index is 0.494. The van der Waals surface area contributed by atoms with Crippen molar-refractivity contribution in [3.63, 3.8) is 0 Å². The van der Waals surface area contributed by atoms with E-state index in [0.717, 1.165) is 24.9 Å². The average molecular weight is 468 g/mol. The van der Waals surface area contributed by atoms with Crippen molar-refractivity contribution < 1.29 is 9.84 Å². The zero-order chi connectivity index (χ0) is 14.7. The molecule has 1 atom stereocenters. The summed E-state index contributed by atoms with van der Waals surface area (Å²) < 4.78 is 7.17. The SMILES string of the molecule is COc1ccc(Br)c(CC(O)c2cc(Cl)ccc2I)c1. The lowest BCUT2D eigenvalue weighted by atomic mass is 10.0. The molecule has 5 heteroatoms. The third kappa shape index (κ3) is 3.87. The molecule has 106 valence electrons.